The van der Waals surface area contributed by atoms with Crippen LogP contribution >= 0.6 is 15.9 Å². The topological polar surface area (TPSA) is 37.3 Å². The number of carbonyl (C=O) groups is 1. The minimum absolute atomic E-state index is 0.388. The number of hydrogen-bond acceptors (Lipinski definition) is 1. The van der Waals surface area contributed by atoms with Crippen molar-refractivity contribution in [1.29, 1.82) is 0 Å². The van der Waals surface area contributed by atoms with E-state index in [1.165, 1.54) is 0 Å². The molecule has 1 atom stereocenters. The zero-order valence-corrected chi connectivity index (χ0v) is 8.70. The predicted molar refractivity (Wildman–Crippen MR) is 55.2 cm³/mol. The van der Waals surface area contributed by atoms with Gasteiger partial charge in [-0.25, -0.2) is 0 Å². The largest absolute Gasteiger partial charge is 0.481 e. The van der Waals surface area contributed by atoms with Crippen molar-refractivity contribution >= 4 is 21.9 Å². The summed E-state index contributed by atoms with van der Waals surface area (Å²) in [7, 11) is 0. The lowest BCUT2D eigenvalue weighted by Gasteiger charge is -2.10. The summed E-state index contributed by atoms with van der Waals surface area (Å²) in [6, 6.07) is 9.30. The van der Waals surface area contributed by atoms with Crippen molar-refractivity contribution in [2.45, 2.75) is 12.3 Å². The molecule has 0 spiro atoms. The third-order valence-corrected chi connectivity index (χ3v) is 2.36. The van der Waals surface area contributed by atoms with Gasteiger partial charge in [-0.1, -0.05) is 46.3 Å². The number of carboxylic acid groups (broad SMARTS) is 1. The summed E-state index contributed by atoms with van der Waals surface area (Å²) in [4.78, 5) is 10.9. The molecule has 0 aliphatic rings. The maximum atomic E-state index is 10.9. The van der Waals surface area contributed by atoms with E-state index in [0.717, 1.165) is 5.56 Å². The number of carboxylic acids is 1. The molecule has 0 aliphatic carbocycles. The molecule has 0 saturated carbocycles. The molecule has 0 unspecified atom stereocenters. The maximum absolute atomic E-state index is 10.9. The number of alkyl halides is 1. The molecular formula is C10H11BrO2. The van der Waals surface area contributed by atoms with E-state index in [2.05, 4.69) is 15.9 Å². The van der Waals surface area contributed by atoms with Gasteiger partial charge < -0.3 is 5.11 Å². The fraction of sp³-hybridized carbons (Fsp3) is 0.300. The second-order valence-electron chi connectivity index (χ2n) is 2.78. The van der Waals surface area contributed by atoms with Crippen molar-refractivity contribution < 1.29 is 9.90 Å². The first-order valence-electron chi connectivity index (χ1n) is 4.09. The zero-order valence-electron chi connectivity index (χ0n) is 7.11. The molecule has 2 nitrogen and oxygen atoms in total. The van der Waals surface area contributed by atoms with E-state index in [9.17, 15) is 4.79 Å². The molecule has 3 heteroatoms. The summed E-state index contributed by atoms with van der Waals surface area (Å²) in [6.07, 6.45) is 0.624. The molecule has 1 aromatic rings. The van der Waals surface area contributed by atoms with Gasteiger partial charge in [-0.05, 0) is 12.0 Å². The van der Waals surface area contributed by atoms with E-state index in [4.69, 9.17) is 5.11 Å². The van der Waals surface area contributed by atoms with E-state index in [1.54, 1.807) is 0 Å². The lowest BCUT2D eigenvalue weighted by Crippen LogP contribution is -2.11. The minimum Gasteiger partial charge on any atom is -0.481 e. The Bertz CT molecular complexity index is 272. The molecule has 0 heterocycles. The van der Waals surface area contributed by atoms with Crippen LogP contribution in [0.25, 0.3) is 0 Å². The fourth-order valence-electron chi connectivity index (χ4n) is 1.23. The summed E-state index contributed by atoms with van der Waals surface area (Å²) in [5.41, 5.74) is 0.870. The van der Waals surface area contributed by atoms with E-state index in [-0.39, 0.29) is 5.92 Å². The van der Waals surface area contributed by atoms with Crippen molar-refractivity contribution in [2.24, 2.45) is 0 Å². The first kappa shape index (κ1) is 10.3. The Morgan fingerprint density at radius 2 is 2.00 bits per heavy atom. The highest BCUT2D eigenvalue weighted by atomic mass is 79.9. The zero-order chi connectivity index (χ0) is 9.68. The van der Waals surface area contributed by atoms with Crippen LogP contribution in [-0.2, 0) is 4.79 Å². The summed E-state index contributed by atoms with van der Waals surface area (Å²) < 4.78 is 0. The lowest BCUT2D eigenvalue weighted by molar-refractivity contribution is -0.138. The van der Waals surface area contributed by atoms with Crippen molar-refractivity contribution in [3.05, 3.63) is 35.9 Å². The molecular weight excluding hydrogens is 232 g/mol. The van der Waals surface area contributed by atoms with Crippen LogP contribution in [0.2, 0.25) is 0 Å². The highest BCUT2D eigenvalue weighted by molar-refractivity contribution is 9.09. The Kier molecular flexibility index (Phi) is 3.96. The molecule has 0 radical (unpaired) electrons. The third kappa shape index (κ3) is 2.84. The molecule has 13 heavy (non-hydrogen) atoms. The van der Waals surface area contributed by atoms with E-state index in [0.29, 0.717) is 11.8 Å². The Hall–Kier alpha value is -0.830. The quantitative estimate of drug-likeness (QED) is 0.825. The first-order chi connectivity index (χ1) is 6.25. The van der Waals surface area contributed by atoms with Crippen molar-refractivity contribution in [3.63, 3.8) is 0 Å². The molecule has 0 aliphatic heterocycles. The SMILES string of the molecule is O=C(O)[C@@H](CCBr)c1ccccc1. The van der Waals surface area contributed by atoms with Crippen LogP contribution < -0.4 is 0 Å². The summed E-state index contributed by atoms with van der Waals surface area (Å²) in [5.74, 6) is -1.15. The number of hydrogen-bond donors (Lipinski definition) is 1. The van der Waals surface area contributed by atoms with Gasteiger partial charge in [0.05, 0.1) is 5.92 Å². The molecule has 1 aromatic carbocycles. The molecule has 70 valence electrons. The molecule has 1 rings (SSSR count). The van der Waals surface area contributed by atoms with Crippen LogP contribution in [0.5, 0.6) is 0 Å². The van der Waals surface area contributed by atoms with E-state index >= 15 is 0 Å². The maximum Gasteiger partial charge on any atom is 0.311 e. The Morgan fingerprint density at radius 3 is 2.46 bits per heavy atom. The van der Waals surface area contributed by atoms with Crippen LogP contribution in [0.1, 0.15) is 17.9 Å². The van der Waals surface area contributed by atoms with Crippen LogP contribution in [0.4, 0.5) is 0 Å². The van der Waals surface area contributed by atoms with Gasteiger partial charge in [0.1, 0.15) is 0 Å². The smallest absolute Gasteiger partial charge is 0.311 e. The molecule has 0 bridgehead atoms. The van der Waals surface area contributed by atoms with Gasteiger partial charge in [0, 0.05) is 5.33 Å². The molecule has 1 N–H and O–H groups in total. The molecule has 0 saturated heterocycles. The van der Waals surface area contributed by atoms with E-state index < -0.39 is 5.97 Å². The van der Waals surface area contributed by atoms with Gasteiger partial charge in [-0.2, -0.15) is 0 Å². The highest BCUT2D eigenvalue weighted by Crippen LogP contribution is 2.20. The standard InChI is InChI=1S/C10H11BrO2/c11-7-6-9(10(12)13)8-4-2-1-3-5-8/h1-5,9H,6-7H2,(H,12,13)/t9-/m0/s1. The second kappa shape index (κ2) is 5.02. The van der Waals surface area contributed by atoms with Gasteiger partial charge in [-0.15, -0.1) is 0 Å². The van der Waals surface area contributed by atoms with Gasteiger partial charge in [0.25, 0.3) is 0 Å². The number of halogens is 1. The van der Waals surface area contributed by atoms with Crippen LogP contribution in [0.15, 0.2) is 30.3 Å². The summed E-state index contributed by atoms with van der Waals surface area (Å²) in [6.45, 7) is 0. The second-order valence-corrected chi connectivity index (χ2v) is 3.57. The first-order valence-corrected chi connectivity index (χ1v) is 5.21. The van der Waals surface area contributed by atoms with Gasteiger partial charge in [-0.3, -0.25) is 4.79 Å². The third-order valence-electron chi connectivity index (χ3n) is 1.90. The highest BCUT2D eigenvalue weighted by Gasteiger charge is 2.17. The van der Waals surface area contributed by atoms with Gasteiger partial charge >= 0.3 is 5.97 Å². The summed E-state index contributed by atoms with van der Waals surface area (Å²) in [5, 5.41) is 9.64. The normalized spacial score (nSPS) is 12.4. The van der Waals surface area contributed by atoms with Crippen molar-refractivity contribution in [1.82, 2.24) is 0 Å². The van der Waals surface area contributed by atoms with Gasteiger partial charge in [0.2, 0.25) is 0 Å². The van der Waals surface area contributed by atoms with Crippen LogP contribution in [0.3, 0.4) is 0 Å². The Balaban J connectivity index is 2.82. The molecule has 0 amide bonds. The minimum atomic E-state index is -0.759. The molecule has 0 fully saturated rings. The number of aliphatic carboxylic acids is 1. The average molecular weight is 243 g/mol. The molecule has 0 aromatic heterocycles. The monoisotopic (exact) mass is 242 g/mol. The van der Waals surface area contributed by atoms with Gasteiger partial charge in [0.15, 0.2) is 0 Å². The number of benzene rings is 1. The Labute approximate surface area is 85.7 Å². The Morgan fingerprint density at radius 1 is 1.38 bits per heavy atom. The summed E-state index contributed by atoms with van der Waals surface area (Å²) >= 11 is 3.25. The number of rotatable bonds is 4. The van der Waals surface area contributed by atoms with Crippen LogP contribution in [-0.4, -0.2) is 16.4 Å². The average Bonchev–Trinajstić information content (AvgIpc) is 2.15. The van der Waals surface area contributed by atoms with E-state index in [1.807, 2.05) is 30.3 Å². The lowest BCUT2D eigenvalue weighted by atomic mass is 9.97. The predicted octanol–water partition coefficient (Wildman–Crippen LogP) is 2.64. The van der Waals surface area contributed by atoms with Crippen molar-refractivity contribution in [2.75, 3.05) is 5.33 Å². The van der Waals surface area contributed by atoms with Crippen molar-refractivity contribution in [3.8, 4) is 0 Å². The fourth-order valence-corrected chi connectivity index (χ4v) is 1.69. The van der Waals surface area contributed by atoms with Crippen LogP contribution in [0, 0.1) is 0 Å².